The van der Waals surface area contributed by atoms with E-state index in [0.29, 0.717) is 12.3 Å². The Labute approximate surface area is 83.5 Å². The number of hydrogen-bond donors (Lipinski definition) is 0. The molecule has 0 saturated carbocycles. The lowest BCUT2D eigenvalue weighted by molar-refractivity contribution is -0.108. The molecule has 2 heteroatoms. The summed E-state index contributed by atoms with van der Waals surface area (Å²) in [5.41, 5.74) is 1.28. The highest BCUT2D eigenvalue weighted by Gasteiger charge is 2.08. The van der Waals surface area contributed by atoms with Gasteiger partial charge in [0.1, 0.15) is 6.29 Å². The zero-order valence-electron chi connectivity index (χ0n) is 7.99. The van der Waals surface area contributed by atoms with Crippen molar-refractivity contribution in [1.82, 2.24) is 0 Å². The normalized spacial score (nSPS) is 12.5. The van der Waals surface area contributed by atoms with Crippen molar-refractivity contribution in [1.29, 1.82) is 0 Å². The van der Waals surface area contributed by atoms with E-state index >= 15 is 0 Å². The minimum atomic E-state index is 0.334. The van der Waals surface area contributed by atoms with Gasteiger partial charge in [0.15, 0.2) is 0 Å². The number of carbonyl (C=O) groups is 1. The molecule has 1 aromatic carbocycles. The molecule has 0 amide bonds. The molecule has 0 aliphatic heterocycles. The van der Waals surface area contributed by atoms with Gasteiger partial charge in [0, 0.05) is 11.3 Å². The summed E-state index contributed by atoms with van der Waals surface area (Å²) < 4.78 is 0. The molecule has 0 bridgehead atoms. The van der Waals surface area contributed by atoms with Crippen LogP contribution in [-0.2, 0) is 4.79 Å². The van der Waals surface area contributed by atoms with Crippen LogP contribution in [0.15, 0.2) is 29.2 Å². The van der Waals surface area contributed by atoms with E-state index in [0.717, 1.165) is 6.29 Å². The molecule has 0 fully saturated rings. The topological polar surface area (TPSA) is 17.1 Å². The zero-order chi connectivity index (χ0) is 9.68. The fraction of sp³-hybridized carbons (Fsp3) is 0.364. The second-order valence-corrected chi connectivity index (χ2v) is 3.89. The van der Waals surface area contributed by atoms with Gasteiger partial charge in [-0.2, -0.15) is 0 Å². The number of benzene rings is 1. The first-order valence-electron chi connectivity index (χ1n) is 4.36. The molecule has 0 radical (unpaired) electrons. The molecule has 0 aliphatic rings. The predicted molar refractivity (Wildman–Crippen MR) is 57.3 cm³/mol. The van der Waals surface area contributed by atoms with Crippen LogP contribution in [0.25, 0.3) is 0 Å². The third-order valence-electron chi connectivity index (χ3n) is 2.12. The van der Waals surface area contributed by atoms with Crippen molar-refractivity contribution in [3.8, 4) is 0 Å². The lowest BCUT2D eigenvalue weighted by Crippen LogP contribution is -1.95. The number of aldehydes is 1. The number of hydrogen-bond acceptors (Lipinski definition) is 2. The summed E-state index contributed by atoms with van der Waals surface area (Å²) in [6.45, 7) is 2.09. The van der Waals surface area contributed by atoms with E-state index in [-0.39, 0.29) is 0 Å². The molecular weight excluding hydrogens is 180 g/mol. The molecule has 70 valence electrons. The summed E-state index contributed by atoms with van der Waals surface area (Å²) in [6.07, 6.45) is 3.66. The quantitative estimate of drug-likeness (QED) is 0.541. The van der Waals surface area contributed by atoms with Crippen molar-refractivity contribution in [2.24, 2.45) is 0 Å². The average Bonchev–Trinajstić information content (AvgIpc) is 2.18. The van der Waals surface area contributed by atoms with E-state index in [1.807, 2.05) is 12.1 Å². The van der Waals surface area contributed by atoms with Crippen molar-refractivity contribution >= 4 is 18.0 Å². The maximum absolute atomic E-state index is 10.4. The van der Waals surface area contributed by atoms with Crippen LogP contribution in [0, 0.1) is 0 Å². The van der Waals surface area contributed by atoms with Gasteiger partial charge in [-0.15, -0.1) is 11.8 Å². The van der Waals surface area contributed by atoms with Gasteiger partial charge in [-0.1, -0.05) is 25.1 Å². The minimum absolute atomic E-state index is 0.334. The molecule has 0 heterocycles. The zero-order valence-corrected chi connectivity index (χ0v) is 8.80. The van der Waals surface area contributed by atoms with E-state index in [2.05, 4.69) is 25.3 Å². The van der Waals surface area contributed by atoms with Crippen LogP contribution >= 0.6 is 11.8 Å². The van der Waals surface area contributed by atoms with Crippen LogP contribution in [0.3, 0.4) is 0 Å². The van der Waals surface area contributed by atoms with Crippen molar-refractivity contribution in [3.05, 3.63) is 29.8 Å². The van der Waals surface area contributed by atoms with Gasteiger partial charge < -0.3 is 4.79 Å². The first-order valence-corrected chi connectivity index (χ1v) is 5.58. The Balaban J connectivity index is 2.91. The van der Waals surface area contributed by atoms with Gasteiger partial charge in [-0.05, 0) is 23.8 Å². The van der Waals surface area contributed by atoms with Crippen LogP contribution in [0.5, 0.6) is 0 Å². The smallest absolute Gasteiger partial charge is 0.120 e. The van der Waals surface area contributed by atoms with Crippen LogP contribution < -0.4 is 0 Å². The van der Waals surface area contributed by atoms with Crippen molar-refractivity contribution in [2.45, 2.75) is 24.2 Å². The molecule has 0 aliphatic carbocycles. The Bertz CT molecular complexity index is 283. The van der Waals surface area contributed by atoms with Crippen molar-refractivity contribution in [2.75, 3.05) is 6.26 Å². The molecule has 1 rings (SSSR count). The maximum Gasteiger partial charge on any atom is 0.120 e. The largest absolute Gasteiger partial charge is 0.303 e. The van der Waals surface area contributed by atoms with Crippen LogP contribution in [0.1, 0.15) is 24.8 Å². The van der Waals surface area contributed by atoms with Gasteiger partial charge in [-0.25, -0.2) is 0 Å². The molecule has 1 aromatic rings. The first kappa shape index (κ1) is 10.3. The van der Waals surface area contributed by atoms with E-state index in [1.165, 1.54) is 10.5 Å². The third kappa shape index (κ3) is 2.59. The van der Waals surface area contributed by atoms with Crippen molar-refractivity contribution < 1.29 is 4.79 Å². The highest BCUT2D eigenvalue weighted by atomic mass is 32.2. The molecule has 0 saturated heterocycles. The summed E-state index contributed by atoms with van der Waals surface area (Å²) in [5.74, 6) is 0.334. The summed E-state index contributed by atoms with van der Waals surface area (Å²) in [6, 6.07) is 8.25. The Morgan fingerprint density at radius 2 is 2.15 bits per heavy atom. The van der Waals surface area contributed by atoms with E-state index < -0.39 is 0 Å². The molecular formula is C11H14OS. The van der Waals surface area contributed by atoms with E-state index in [1.54, 1.807) is 11.8 Å². The van der Waals surface area contributed by atoms with Gasteiger partial charge in [0.25, 0.3) is 0 Å². The van der Waals surface area contributed by atoms with Gasteiger partial charge in [0.05, 0.1) is 0 Å². The lowest BCUT2D eigenvalue weighted by atomic mass is 9.99. The van der Waals surface area contributed by atoms with E-state index in [4.69, 9.17) is 0 Å². The van der Waals surface area contributed by atoms with Crippen LogP contribution in [0.4, 0.5) is 0 Å². The average molecular weight is 194 g/mol. The SMILES string of the molecule is CSc1ccccc1C(C)CC=O. The predicted octanol–water partition coefficient (Wildman–Crippen LogP) is 3.10. The minimum Gasteiger partial charge on any atom is -0.303 e. The Morgan fingerprint density at radius 3 is 2.77 bits per heavy atom. The summed E-state index contributed by atoms with van der Waals surface area (Å²) in [7, 11) is 0. The second kappa shape index (κ2) is 5.07. The molecule has 13 heavy (non-hydrogen) atoms. The number of thioether (sulfide) groups is 1. The highest BCUT2D eigenvalue weighted by molar-refractivity contribution is 7.98. The van der Waals surface area contributed by atoms with Crippen LogP contribution in [-0.4, -0.2) is 12.5 Å². The first-order chi connectivity index (χ1) is 6.29. The molecule has 1 nitrogen and oxygen atoms in total. The molecule has 1 atom stereocenters. The van der Waals surface area contributed by atoms with Crippen LogP contribution in [0.2, 0.25) is 0 Å². The fourth-order valence-corrected chi connectivity index (χ4v) is 2.06. The van der Waals surface area contributed by atoms with Gasteiger partial charge in [0.2, 0.25) is 0 Å². The highest BCUT2D eigenvalue weighted by Crippen LogP contribution is 2.27. The fourth-order valence-electron chi connectivity index (χ4n) is 1.34. The Hall–Kier alpha value is -0.760. The number of rotatable bonds is 4. The molecule has 0 N–H and O–H groups in total. The monoisotopic (exact) mass is 194 g/mol. The third-order valence-corrected chi connectivity index (χ3v) is 2.93. The maximum atomic E-state index is 10.4. The van der Waals surface area contributed by atoms with Crippen molar-refractivity contribution in [3.63, 3.8) is 0 Å². The summed E-state index contributed by atoms with van der Waals surface area (Å²) >= 11 is 1.73. The summed E-state index contributed by atoms with van der Waals surface area (Å²) in [4.78, 5) is 11.7. The molecule has 1 unspecified atom stereocenters. The second-order valence-electron chi connectivity index (χ2n) is 3.05. The molecule has 0 spiro atoms. The Kier molecular flexibility index (Phi) is 4.03. The number of carbonyl (C=O) groups excluding carboxylic acids is 1. The standard InChI is InChI=1S/C11H14OS/c1-9(7-8-12)10-5-3-4-6-11(10)13-2/h3-6,8-9H,7H2,1-2H3. The van der Waals surface area contributed by atoms with Gasteiger partial charge in [-0.3, -0.25) is 0 Å². The Morgan fingerprint density at radius 1 is 1.46 bits per heavy atom. The molecule has 0 aromatic heterocycles. The van der Waals surface area contributed by atoms with Gasteiger partial charge >= 0.3 is 0 Å². The van der Waals surface area contributed by atoms with E-state index in [9.17, 15) is 4.79 Å². The summed E-state index contributed by atoms with van der Waals surface area (Å²) in [5, 5.41) is 0. The lowest BCUT2D eigenvalue weighted by Gasteiger charge is -2.11.